The van der Waals surface area contributed by atoms with Gasteiger partial charge >= 0.3 is 5.69 Å². The van der Waals surface area contributed by atoms with E-state index in [1.54, 1.807) is 39.2 Å². The zero-order valence-corrected chi connectivity index (χ0v) is 12.1. The molecule has 0 radical (unpaired) electrons. The molecule has 0 bridgehead atoms. The quantitative estimate of drug-likeness (QED) is 0.614. The van der Waals surface area contributed by atoms with Crippen LogP contribution < -0.4 is 10.6 Å². The van der Waals surface area contributed by atoms with Gasteiger partial charge in [0.15, 0.2) is 0 Å². The van der Waals surface area contributed by atoms with E-state index in [0.29, 0.717) is 17.9 Å². The number of hydrogen-bond donors (Lipinski definition) is 2. The second-order valence-corrected chi connectivity index (χ2v) is 4.59. The largest absolute Gasteiger partial charge is 0.380 e. The average molecular weight is 280 g/mol. The first kappa shape index (κ1) is 15.7. The number of nitro benzene ring substituents is 1. The lowest BCUT2D eigenvalue weighted by atomic mass is 10.2. The van der Waals surface area contributed by atoms with Crippen molar-refractivity contribution in [3.8, 4) is 0 Å². The monoisotopic (exact) mass is 280 g/mol. The average Bonchev–Trinajstić information content (AvgIpc) is 2.37. The van der Waals surface area contributed by atoms with Crippen LogP contribution in [0.2, 0.25) is 0 Å². The van der Waals surface area contributed by atoms with E-state index in [9.17, 15) is 14.9 Å². The van der Waals surface area contributed by atoms with Crippen LogP contribution in [0.5, 0.6) is 0 Å². The Kier molecular flexibility index (Phi) is 5.31. The molecular weight excluding hydrogens is 260 g/mol. The predicted octanol–water partition coefficient (Wildman–Crippen LogP) is 1.92. The molecule has 0 saturated carbocycles. The molecule has 0 spiro atoms. The highest BCUT2D eigenvalue weighted by Crippen LogP contribution is 2.33. The van der Waals surface area contributed by atoms with Gasteiger partial charge in [0.2, 0.25) is 5.91 Å². The maximum absolute atomic E-state index is 11.8. The lowest BCUT2D eigenvalue weighted by molar-refractivity contribution is -0.383. The number of amides is 1. The van der Waals surface area contributed by atoms with Gasteiger partial charge in [-0.15, -0.1) is 0 Å². The first-order valence-electron chi connectivity index (χ1n) is 6.37. The molecule has 0 aliphatic heterocycles. The van der Waals surface area contributed by atoms with E-state index in [2.05, 4.69) is 10.6 Å². The lowest BCUT2D eigenvalue weighted by Crippen LogP contribution is -2.36. The van der Waals surface area contributed by atoms with E-state index < -0.39 is 11.0 Å². The van der Waals surface area contributed by atoms with E-state index in [0.717, 1.165) is 0 Å². The molecule has 0 aliphatic carbocycles. The molecule has 0 aromatic heterocycles. The second-order valence-electron chi connectivity index (χ2n) is 4.59. The number of para-hydroxylation sites is 1. The van der Waals surface area contributed by atoms with E-state index in [4.69, 9.17) is 0 Å². The first-order chi connectivity index (χ1) is 9.38. The van der Waals surface area contributed by atoms with Crippen LogP contribution in [0.4, 0.5) is 17.1 Å². The minimum absolute atomic E-state index is 0.0484. The zero-order valence-electron chi connectivity index (χ0n) is 12.1. The van der Waals surface area contributed by atoms with Crippen molar-refractivity contribution in [1.29, 1.82) is 0 Å². The van der Waals surface area contributed by atoms with Crippen molar-refractivity contribution in [1.82, 2.24) is 4.90 Å². The topological polar surface area (TPSA) is 87.5 Å². The molecule has 2 N–H and O–H groups in total. The number of likely N-dealkylation sites (N-methyl/N-ethyl adjacent to an activating group) is 1. The lowest BCUT2D eigenvalue weighted by Gasteiger charge is -2.19. The molecule has 1 atom stereocenters. The highest BCUT2D eigenvalue weighted by molar-refractivity contribution is 5.86. The van der Waals surface area contributed by atoms with Crippen molar-refractivity contribution in [3.05, 3.63) is 28.3 Å². The molecule has 7 heteroatoms. The van der Waals surface area contributed by atoms with Gasteiger partial charge in [-0.3, -0.25) is 14.9 Å². The SMILES string of the molecule is CCNc1cccc(NC(C)C(=O)N(C)C)c1[N+](=O)[O-]. The third-order valence-corrected chi connectivity index (χ3v) is 2.77. The standard InChI is InChI=1S/C13H20N4O3/c1-5-14-10-7-6-8-11(12(10)17(19)20)15-9(2)13(18)16(3)4/h6-9,14-15H,5H2,1-4H3. The summed E-state index contributed by atoms with van der Waals surface area (Å²) in [5.41, 5.74) is 0.718. The summed E-state index contributed by atoms with van der Waals surface area (Å²) in [6, 6.07) is 4.41. The van der Waals surface area contributed by atoms with Gasteiger partial charge < -0.3 is 15.5 Å². The summed E-state index contributed by atoms with van der Waals surface area (Å²) in [7, 11) is 3.29. The second kappa shape index (κ2) is 6.74. The Morgan fingerprint density at radius 3 is 2.50 bits per heavy atom. The van der Waals surface area contributed by atoms with Crippen molar-refractivity contribution in [2.45, 2.75) is 19.9 Å². The Balaban J connectivity index is 3.09. The number of carbonyl (C=O) groups excluding carboxylic acids is 1. The highest BCUT2D eigenvalue weighted by atomic mass is 16.6. The highest BCUT2D eigenvalue weighted by Gasteiger charge is 2.23. The molecule has 1 aromatic carbocycles. The molecule has 1 unspecified atom stereocenters. The fraction of sp³-hybridized carbons (Fsp3) is 0.462. The molecule has 0 saturated heterocycles. The van der Waals surface area contributed by atoms with Crippen LogP contribution in [-0.4, -0.2) is 42.4 Å². The number of benzene rings is 1. The molecule has 7 nitrogen and oxygen atoms in total. The minimum Gasteiger partial charge on any atom is -0.380 e. The van der Waals surface area contributed by atoms with Gasteiger partial charge in [-0.05, 0) is 26.0 Å². The van der Waals surface area contributed by atoms with Gasteiger partial charge in [-0.1, -0.05) is 6.07 Å². The molecule has 1 rings (SSSR count). The van der Waals surface area contributed by atoms with Gasteiger partial charge in [-0.25, -0.2) is 0 Å². The number of carbonyl (C=O) groups is 1. The van der Waals surface area contributed by atoms with Crippen molar-refractivity contribution in [2.24, 2.45) is 0 Å². The Labute approximate surface area is 118 Å². The van der Waals surface area contributed by atoms with Gasteiger partial charge in [0.25, 0.3) is 0 Å². The third-order valence-electron chi connectivity index (χ3n) is 2.77. The Hall–Kier alpha value is -2.31. The maximum Gasteiger partial charge on any atom is 0.315 e. The molecule has 20 heavy (non-hydrogen) atoms. The van der Waals surface area contributed by atoms with Crippen LogP contribution in [0.25, 0.3) is 0 Å². The number of nitrogens with zero attached hydrogens (tertiary/aromatic N) is 2. The summed E-state index contributed by atoms with van der Waals surface area (Å²) >= 11 is 0. The van der Waals surface area contributed by atoms with E-state index >= 15 is 0 Å². The summed E-state index contributed by atoms with van der Waals surface area (Å²) < 4.78 is 0. The van der Waals surface area contributed by atoms with Crippen LogP contribution in [-0.2, 0) is 4.79 Å². The minimum atomic E-state index is -0.541. The fourth-order valence-corrected chi connectivity index (χ4v) is 1.87. The fourth-order valence-electron chi connectivity index (χ4n) is 1.87. The van der Waals surface area contributed by atoms with Crippen LogP contribution in [0.15, 0.2) is 18.2 Å². The van der Waals surface area contributed by atoms with Crippen LogP contribution in [0.3, 0.4) is 0 Å². The zero-order chi connectivity index (χ0) is 15.3. The molecule has 1 aromatic rings. The molecule has 0 heterocycles. The van der Waals surface area contributed by atoms with E-state index in [1.807, 2.05) is 6.92 Å². The summed E-state index contributed by atoms with van der Waals surface area (Å²) in [4.78, 5) is 24.0. The maximum atomic E-state index is 11.8. The molecule has 110 valence electrons. The Morgan fingerprint density at radius 2 is 2.00 bits per heavy atom. The molecule has 0 aliphatic rings. The van der Waals surface area contributed by atoms with E-state index in [1.165, 1.54) is 4.90 Å². The van der Waals surface area contributed by atoms with Gasteiger partial charge in [-0.2, -0.15) is 0 Å². The Bertz CT molecular complexity index is 502. The number of rotatable bonds is 6. The molecular formula is C13H20N4O3. The number of anilines is 2. The number of nitro groups is 1. The summed E-state index contributed by atoms with van der Waals surface area (Å²) in [6.07, 6.45) is 0. The first-order valence-corrected chi connectivity index (χ1v) is 6.37. The Morgan fingerprint density at radius 1 is 1.40 bits per heavy atom. The molecule has 1 amide bonds. The van der Waals surface area contributed by atoms with Gasteiger partial charge in [0.05, 0.1) is 4.92 Å². The molecule has 0 fully saturated rings. The van der Waals surface area contributed by atoms with Crippen molar-refractivity contribution >= 4 is 23.0 Å². The number of hydrogen-bond acceptors (Lipinski definition) is 5. The van der Waals surface area contributed by atoms with Gasteiger partial charge in [0.1, 0.15) is 17.4 Å². The number of nitrogens with one attached hydrogen (secondary N) is 2. The van der Waals surface area contributed by atoms with Crippen LogP contribution >= 0.6 is 0 Å². The summed E-state index contributed by atoms with van der Waals surface area (Å²) in [5.74, 6) is -0.145. The van der Waals surface area contributed by atoms with Crippen molar-refractivity contribution in [2.75, 3.05) is 31.3 Å². The smallest absolute Gasteiger partial charge is 0.315 e. The van der Waals surface area contributed by atoms with Crippen molar-refractivity contribution in [3.63, 3.8) is 0 Å². The third kappa shape index (κ3) is 3.59. The van der Waals surface area contributed by atoms with Crippen molar-refractivity contribution < 1.29 is 9.72 Å². The van der Waals surface area contributed by atoms with Gasteiger partial charge in [0, 0.05) is 20.6 Å². The van der Waals surface area contributed by atoms with Crippen LogP contribution in [0, 0.1) is 10.1 Å². The van der Waals surface area contributed by atoms with Crippen LogP contribution in [0.1, 0.15) is 13.8 Å². The summed E-state index contributed by atoms with van der Waals surface area (Å²) in [5, 5.41) is 17.1. The normalized spacial score (nSPS) is 11.6. The van der Waals surface area contributed by atoms with E-state index in [-0.39, 0.29) is 11.6 Å². The summed E-state index contributed by atoms with van der Waals surface area (Å²) in [6.45, 7) is 4.12. The predicted molar refractivity (Wildman–Crippen MR) is 79.0 cm³/mol.